The van der Waals surface area contributed by atoms with Gasteiger partial charge in [0, 0.05) is 23.7 Å². The van der Waals surface area contributed by atoms with Gasteiger partial charge >= 0.3 is 0 Å². The molecular weight excluding hydrogens is 482 g/mol. The highest BCUT2D eigenvalue weighted by molar-refractivity contribution is 9.09. The average Bonchev–Trinajstić information content (AvgIpc) is 3.37. The molecule has 3 N–H and O–H groups in total. The van der Waals surface area contributed by atoms with Crippen LogP contribution < -0.4 is 10.6 Å². The lowest BCUT2D eigenvalue weighted by molar-refractivity contribution is -0.142. The number of carbonyl (C=O) groups excluding carboxylic acids is 3. The Bertz CT molecular complexity index is 868. The van der Waals surface area contributed by atoms with Crippen LogP contribution in [-0.4, -0.2) is 68.3 Å². The topological polar surface area (TPSA) is 98.7 Å². The zero-order chi connectivity index (χ0) is 22.3. The molecule has 7 atom stereocenters. The van der Waals surface area contributed by atoms with Crippen LogP contribution in [0.1, 0.15) is 25.3 Å². The van der Waals surface area contributed by atoms with E-state index in [9.17, 15) is 19.5 Å². The van der Waals surface area contributed by atoms with Gasteiger partial charge in [-0.05, 0) is 18.4 Å². The molecule has 3 fully saturated rings. The number of fused-ring (bicyclic) bond motifs is 1. The molecule has 4 rings (SSSR count). The number of benzene rings is 1. The van der Waals surface area contributed by atoms with E-state index in [1.807, 2.05) is 37.3 Å². The molecular formula is C22H28BrN3O4S. The third-order valence-corrected chi connectivity index (χ3v) is 10.1. The van der Waals surface area contributed by atoms with Crippen molar-refractivity contribution < 1.29 is 19.5 Å². The molecule has 1 aromatic carbocycles. The molecule has 0 saturated carbocycles. The Morgan fingerprint density at radius 3 is 2.65 bits per heavy atom. The van der Waals surface area contributed by atoms with Gasteiger partial charge in [-0.2, -0.15) is 0 Å². The van der Waals surface area contributed by atoms with E-state index in [0.29, 0.717) is 19.4 Å². The zero-order valence-corrected chi connectivity index (χ0v) is 20.0. The minimum absolute atomic E-state index is 0.0439. The van der Waals surface area contributed by atoms with Gasteiger partial charge in [0.25, 0.3) is 0 Å². The Morgan fingerprint density at radius 2 is 2.03 bits per heavy atom. The third kappa shape index (κ3) is 3.49. The molecule has 3 amide bonds. The Balaban J connectivity index is 1.70. The van der Waals surface area contributed by atoms with E-state index in [0.717, 1.165) is 5.56 Å². The highest BCUT2D eigenvalue weighted by Gasteiger charge is 2.76. The number of aliphatic hydroxyl groups excluding tert-OH is 1. The number of nitrogens with one attached hydrogen (secondary N) is 2. The van der Waals surface area contributed by atoms with Gasteiger partial charge in [-0.3, -0.25) is 14.4 Å². The van der Waals surface area contributed by atoms with Crippen LogP contribution in [0, 0.1) is 11.8 Å². The van der Waals surface area contributed by atoms with Gasteiger partial charge in [0.05, 0.1) is 29.2 Å². The van der Waals surface area contributed by atoms with Crippen LogP contribution in [0.15, 0.2) is 30.3 Å². The zero-order valence-electron chi connectivity index (χ0n) is 17.6. The van der Waals surface area contributed by atoms with Crippen LogP contribution in [0.3, 0.4) is 0 Å². The Hall–Kier alpha value is -1.58. The van der Waals surface area contributed by atoms with E-state index in [2.05, 4.69) is 26.6 Å². The van der Waals surface area contributed by atoms with E-state index in [1.165, 1.54) is 0 Å². The molecule has 3 heterocycles. The quantitative estimate of drug-likeness (QED) is 0.481. The third-order valence-electron chi connectivity index (χ3n) is 6.91. The summed E-state index contributed by atoms with van der Waals surface area (Å²) in [5.74, 6) is -1.64. The fraction of sp³-hybridized carbons (Fsp3) is 0.591. The number of nitrogens with zero attached hydrogens (tertiary/aromatic N) is 1. The summed E-state index contributed by atoms with van der Waals surface area (Å²) >= 11 is 5.32. The largest absolute Gasteiger partial charge is 0.394 e. The molecule has 0 aliphatic carbocycles. The second kappa shape index (κ2) is 8.75. The molecule has 3 aliphatic heterocycles. The van der Waals surface area contributed by atoms with Crippen LogP contribution in [0.4, 0.5) is 0 Å². The minimum Gasteiger partial charge on any atom is -0.394 e. The van der Waals surface area contributed by atoms with E-state index in [4.69, 9.17) is 0 Å². The summed E-state index contributed by atoms with van der Waals surface area (Å²) in [6.45, 7) is 2.04. The summed E-state index contributed by atoms with van der Waals surface area (Å²) in [5.41, 5.74) is 0.972. The van der Waals surface area contributed by atoms with Crippen molar-refractivity contribution in [3.63, 3.8) is 0 Å². The molecule has 2 bridgehead atoms. The summed E-state index contributed by atoms with van der Waals surface area (Å²) in [7, 11) is 1.58. The molecule has 7 nitrogen and oxygen atoms in total. The summed E-state index contributed by atoms with van der Waals surface area (Å²) in [5, 5.41) is 15.7. The maximum absolute atomic E-state index is 13.7. The van der Waals surface area contributed by atoms with Crippen molar-refractivity contribution in [1.29, 1.82) is 0 Å². The van der Waals surface area contributed by atoms with Crippen molar-refractivity contribution in [2.75, 3.05) is 13.7 Å². The van der Waals surface area contributed by atoms with Gasteiger partial charge in [0.1, 0.15) is 6.04 Å². The number of alkyl halides is 1. The van der Waals surface area contributed by atoms with Gasteiger partial charge in [-0.25, -0.2) is 0 Å². The number of rotatable bonds is 7. The van der Waals surface area contributed by atoms with Crippen molar-refractivity contribution in [2.45, 2.75) is 53.2 Å². The fourth-order valence-corrected chi connectivity index (χ4v) is 9.12. The number of thioether (sulfide) groups is 1. The van der Waals surface area contributed by atoms with E-state index in [1.54, 1.807) is 23.7 Å². The van der Waals surface area contributed by atoms with Gasteiger partial charge in [-0.1, -0.05) is 53.2 Å². The Morgan fingerprint density at radius 1 is 1.32 bits per heavy atom. The average molecular weight is 510 g/mol. The van der Waals surface area contributed by atoms with Gasteiger partial charge < -0.3 is 20.6 Å². The Labute approximate surface area is 194 Å². The summed E-state index contributed by atoms with van der Waals surface area (Å²) in [6.07, 6.45) is 1.16. The lowest BCUT2D eigenvalue weighted by Crippen LogP contribution is -2.56. The highest BCUT2D eigenvalue weighted by atomic mass is 79.9. The molecule has 1 spiro atoms. The smallest absolute Gasteiger partial charge is 0.244 e. The molecule has 0 aromatic heterocycles. The molecule has 1 aromatic rings. The second-order valence-corrected chi connectivity index (χ2v) is 11.2. The first kappa shape index (κ1) is 22.6. The van der Waals surface area contributed by atoms with Gasteiger partial charge in [0.2, 0.25) is 17.7 Å². The molecule has 3 saturated heterocycles. The summed E-state index contributed by atoms with van der Waals surface area (Å²) in [4.78, 5) is 41.7. The predicted molar refractivity (Wildman–Crippen MR) is 123 cm³/mol. The lowest BCUT2D eigenvalue weighted by atomic mass is 9.70. The van der Waals surface area contributed by atoms with E-state index >= 15 is 0 Å². The number of aliphatic hydroxyl groups is 1. The number of amides is 3. The predicted octanol–water partition coefficient (Wildman–Crippen LogP) is 1.28. The lowest BCUT2D eigenvalue weighted by Gasteiger charge is -2.37. The first-order valence-electron chi connectivity index (χ1n) is 10.7. The Kier molecular flexibility index (Phi) is 6.38. The minimum atomic E-state index is -0.726. The van der Waals surface area contributed by atoms with Crippen LogP contribution in [0.25, 0.3) is 0 Å². The first-order valence-corrected chi connectivity index (χ1v) is 12.5. The maximum atomic E-state index is 13.7. The number of likely N-dealkylation sites (tertiary alicyclic amines) is 1. The normalized spacial score (nSPS) is 34.5. The number of carbonyl (C=O) groups is 3. The molecule has 3 aliphatic rings. The molecule has 0 radical (unpaired) electrons. The van der Waals surface area contributed by atoms with Crippen molar-refractivity contribution >= 4 is 45.4 Å². The van der Waals surface area contributed by atoms with Crippen LogP contribution in [0.5, 0.6) is 0 Å². The van der Waals surface area contributed by atoms with E-state index < -0.39 is 28.7 Å². The monoisotopic (exact) mass is 509 g/mol. The molecule has 9 heteroatoms. The molecule has 168 valence electrons. The van der Waals surface area contributed by atoms with Crippen molar-refractivity contribution in [3.05, 3.63) is 35.9 Å². The van der Waals surface area contributed by atoms with Crippen molar-refractivity contribution in [2.24, 2.45) is 11.8 Å². The number of hydrogen-bond donors (Lipinski definition) is 3. The first-order chi connectivity index (χ1) is 14.9. The van der Waals surface area contributed by atoms with Crippen molar-refractivity contribution in [1.82, 2.24) is 15.5 Å². The SMILES string of the molecule is CC[C@@H](CO)N1C(=O)[C@@H]2[C@@H](C(=O)NC)[C@@H]3SC2(CC3Br)C1C(=O)NCc1ccccc1. The number of hydrogen-bond acceptors (Lipinski definition) is 5. The van der Waals surface area contributed by atoms with Gasteiger partial charge in [-0.15, -0.1) is 11.8 Å². The van der Waals surface area contributed by atoms with Crippen LogP contribution in [0.2, 0.25) is 0 Å². The standard InChI is InChI=1S/C22H28BrN3O4S/c1-3-13(11-27)26-18(20(29)25-10-12-7-5-4-6-8-12)22-9-14(23)17(31-22)15(19(28)24-2)16(22)21(26)30/h4-8,13-18,27H,3,9-11H2,1-2H3,(H,24,28)(H,25,29)/t13-,14?,15+,16-,17+,18?,22?/m0/s1. The van der Waals surface area contributed by atoms with Gasteiger partial charge in [0.15, 0.2) is 0 Å². The second-order valence-electron chi connectivity index (χ2n) is 8.47. The van der Waals surface area contributed by atoms with Crippen LogP contribution >= 0.6 is 27.7 Å². The molecule has 3 unspecified atom stereocenters. The molecule has 31 heavy (non-hydrogen) atoms. The van der Waals surface area contributed by atoms with E-state index in [-0.39, 0.29) is 34.4 Å². The summed E-state index contributed by atoms with van der Waals surface area (Å²) < 4.78 is -0.684. The highest BCUT2D eigenvalue weighted by Crippen LogP contribution is 2.67. The maximum Gasteiger partial charge on any atom is 0.244 e. The summed E-state index contributed by atoms with van der Waals surface area (Å²) in [6, 6.07) is 8.44. The fourth-order valence-electron chi connectivity index (χ4n) is 5.52. The van der Waals surface area contributed by atoms with Crippen molar-refractivity contribution in [3.8, 4) is 0 Å². The number of halogens is 1. The van der Waals surface area contributed by atoms with Crippen LogP contribution in [-0.2, 0) is 20.9 Å².